The molecule has 0 saturated heterocycles. The van der Waals surface area contributed by atoms with Crippen LogP contribution in [0.5, 0.6) is 0 Å². The third-order valence-corrected chi connectivity index (χ3v) is 0.463. The first-order valence-electron chi connectivity index (χ1n) is 2.45. The molecule has 0 aliphatic rings. The maximum Gasteiger partial charge on any atom is 2.00 e. The van der Waals surface area contributed by atoms with E-state index in [4.69, 9.17) is 19.8 Å². The average molecular weight is 381 g/mol. The number of carbonyl (C=O) groups is 2. The maximum absolute atomic E-state index is 10.5. The van der Waals surface area contributed by atoms with Gasteiger partial charge in [-0.25, -0.2) is 0 Å². The fourth-order valence-electron chi connectivity index (χ4n) is 0. The van der Waals surface area contributed by atoms with E-state index in [0.717, 1.165) is 0 Å². The van der Waals surface area contributed by atoms with Gasteiger partial charge in [0.05, 0.1) is 0 Å². The summed E-state index contributed by atoms with van der Waals surface area (Å²) in [6.45, 7) is 0. The first-order valence-corrected chi connectivity index (χ1v) is 2.45. The molecule has 0 aliphatic carbocycles. The zero-order chi connectivity index (χ0) is 12.2. The van der Waals surface area contributed by atoms with Gasteiger partial charge in [-0.2, -0.15) is 26.3 Å². The molecule has 2 N–H and O–H groups in total. The number of carbonyl (C=O) groups excluding carboxylic acids is 2. The zero-order valence-electron chi connectivity index (χ0n) is 7.11. The van der Waals surface area contributed by atoms with Crippen molar-refractivity contribution in [2.45, 2.75) is 12.4 Å². The maximum atomic E-state index is 10.5. The fraction of sp³-hybridized carbons (Fsp3) is 0.500. The van der Waals surface area contributed by atoms with Gasteiger partial charge in [-0.15, -0.1) is 0 Å². The standard InChI is InChI=1S/2C2HF3O2.Ba.H2O/c2*3-2(4,5)1(6)7;;/h2*(H,6,7);;1H2/q;;+2;/p-2. The molecule has 0 aliphatic heterocycles. The molecular weight excluding hydrogens is 379 g/mol. The molecule has 0 spiro atoms. The minimum atomic E-state index is -5.19. The number of carboxylic acid groups (broad SMARTS) is 2. The van der Waals surface area contributed by atoms with E-state index in [1.165, 1.54) is 0 Å². The van der Waals surface area contributed by atoms with Crippen LogP contribution in [-0.2, 0) is 9.59 Å². The second kappa shape index (κ2) is 9.12. The monoisotopic (exact) mass is 382 g/mol. The van der Waals surface area contributed by atoms with E-state index in [0.29, 0.717) is 0 Å². The van der Waals surface area contributed by atoms with E-state index in [1.807, 2.05) is 0 Å². The second-order valence-electron chi connectivity index (χ2n) is 1.57. The van der Waals surface area contributed by atoms with E-state index in [9.17, 15) is 26.3 Å². The summed E-state index contributed by atoms with van der Waals surface area (Å²) in [5.41, 5.74) is 0. The Morgan fingerprint density at radius 3 is 0.812 bits per heavy atom. The summed E-state index contributed by atoms with van der Waals surface area (Å²) in [5.74, 6) is -6.01. The molecule has 0 aromatic heterocycles. The first kappa shape index (κ1) is 25.0. The van der Waals surface area contributed by atoms with Crippen molar-refractivity contribution in [1.29, 1.82) is 0 Å². The Morgan fingerprint density at radius 1 is 0.750 bits per heavy atom. The van der Waals surface area contributed by atoms with Gasteiger partial charge in [-0.1, -0.05) is 0 Å². The van der Waals surface area contributed by atoms with Crippen molar-refractivity contribution in [3.8, 4) is 0 Å². The van der Waals surface area contributed by atoms with Crippen LogP contribution in [-0.4, -0.2) is 78.6 Å². The Kier molecular flexibility index (Phi) is 14.3. The third-order valence-electron chi connectivity index (χ3n) is 0.463. The van der Waals surface area contributed by atoms with Gasteiger partial charge < -0.3 is 25.3 Å². The molecule has 92 valence electrons. The molecule has 0 rings (SSSR count). The van der Waals surface area contributed by atoms with Gasteiger partial charge in [0.15, 0.2) is 0 Å². The number of hydrogen-bond acceptors (Lipinski definition) is 4. The van der Waals surface area contributed by atoms with Crippen molar-refractivity contribution in [2.24, 2.45) is 0 Å². The summed E-state index contributed by atoms with van der Waals surface area (Å²) in [4.78, 5) is 17.6. The van der Waals surface area contributed by atoms with Gasteiger partial charge in [0.1, 0.15) is 11.9 Å². The predicted molar refractivity (Wildman–Crippen MR) is 31.5 cm³/mol. The Labute approximate surface area is 124 Å². The summed E-state index contributed by atoms with van der Waals surface area (Å²) in [6, 6.07) is 0. The molecule has 0 radical (unpaired) electrons. The number of aliphatic carboxylic acids is 2. The normalized spacial score (nSPS) is 9.88. The molecule has 0 aromatic carbocycles. The van der Waals surface area contributed by atoms with Crippen LogP contribution in [0.3, 0.4) is 0 Å². The van der Waals surface area contributed by atoms with Crippen LogP contribution in [0, 0.1) is 0 Å². The van der Waals surface area contributed by atoms with Crippen LogP contribution in [0.25, 0.3) is 0 Å². The molecule has 12 heteroatoms. The molecule has 0 unspecified atom stereocenters. The largest absolute Gasteiger partial charge is 2.00 e. The van der Waals surface area contributed by atoms with Crippen LogP contribution < -0.4 is 10.2 Å². The van der Waals surface area contributed by atoms with Gasteiger partial charge in [-0.05, 0) is 0 Å². The van der Waals surface area contributed by atoms with Crippen LogP contribution >= 0.6 is 0 Å². The van der Waals surface area contributed by atoms with Crippen molar-refractivity contribution in [2.75, 3.05) is 0 Å². The Hall–Kier alpha value is 0.0514. The van der Waals surface area contributed by atoms with Crippen molar-refractivity contribution in [1.82, 2.24) is 0 Å². The number of alkyl halides is 6. The molecule has 5 nitrogen and oxygen atoms in total. The van der Waals surface area contributed by atoms with Gasteiger partial charge in [0.2, 0.25) is 0 Å². The molecule has 0 fully saturated rings. The van der Waals surface area contributed by atoms with Crippen molar-refractivity contribution >= 4 is 60.8 Å². The van der Waals surface area contributed by atoms with Crippen LogP contribution in [0.15, 0.2) is 0 Å². The number of halogens is 6. The van der Waals surface area contributed by atoms with Gasteiger partial charge in [-0.3, -0.25) is 0 Å². The van der Waals surface area contributed by atoms with Gasteiger partial charge in [0.25, 0.3) is 0 Å². The molecule has 0 saturated carbocycles. The molecule has 0 bridgehead atoms. The summed E-state index contributed by atoms with van der Waals surface area (Å²) >= 11 is 0. The van der Waals surface area contributed by atoms with Crippen molar-refractivity contribution < 1.29 is 51.6 Å². The Balaban J connectivity index is -0.0000000800. The molecule has 16 heavy (non-hydrogen) atoms. The van der Waals surface area contributed by atoms with E-state index in [-0.39, 0.29) is 54.4 Å². The van der Waals surface area contributed by atoms with Crippen LogP contribution in [0.2, 0.25) is 0 Å². The van der Waals surface area contributed by atoms with Crippen LogP contribution in [0.4, 0.5) is 26.3 Å². The number of hydrogen-bond donors (Lipinski definition) is 0. The second-order valence-corrected chi connectivity index (χ2v) is 1.57. The van der Waals surface area contributed by atoms with Crippen molar-refractivity contribution in [3.05, 3.63) is 0 Å². The summed E-state index contributed by atoms with van der Waals surface area (Å²) in [5, 5.41) is 17.6. The zero-order valence-corrected chi connectivity index (χ0v) is 11.5. The third kappa shape index (κ3) is 16.5. The van der Waals surface area contributed by atoms with E-state index < -0.39 is 24.3 Å². The predicted octanol–water partition coefficient (Wildman–Crippen LogP) is -2.61. The molecule has 0 amide bonds. The number of rotatable bonds is 0. The quantitative estimate of drug-likeness (QED) is 0.338. The molecule has 0 heterocycles. The molecule has 0 atom stereocenters. The Morgan fingerprint density at radius 2 is 0.812 bits per heavy atom. The fourth-order valence-corrected chi connectivity index (χ4v) is 0. The Bertz CT molecular complexity index is 198. The molecule has 0 aromatic rings. The topological polar surface area (TPSA) is 112 Å². The van der Waals surface area contributed by atoms with Crippen molar-refractivity contribution in [3.63, 3.8) is 0 Å². The number of carboxylic acids is 2. The summed E-state index contributed by atoms with van der Waals surface area (Å²) in [6.07, 6.45) is -10.4. The van der Waals surface area contributed by atoms with E-state index in [1.54, 1.807) is 0 Å². The molecular formula is C4H2BaF6O5. The van der Waals surface area contributed by atoms with E-state index in [2.05, 4.69) is 0 Å². The van der Waals surface area contributed by atoms with Gasteiger partial charge >= 0.3 is 61.2 Å². The summed E-state index contributed by atoms with van der Waals surface area (Å²) in [7, 11) is 0. The minimum Gasteiger partial charge on any atom is -0.542 e. The van der Waals surface area contributed by atoms with Crippen LogP contribution in [0.1, 0.15) is 0 Å². The summed E-state index contributed by atoms with van der Waals surface area (Å²) < 4.78 is 63.1. The van der Waals surface area contributed by atoms with E-state index >= 15 is 0 Å². The minimum absolute atomic E-state index is 0. The first-order chi connectivity index (χ1) is 5.89. The smallest absolute Gasteiger partial charge is 0.542 e. The average Bonchev–Trinajstić information content (AvgIpc) is 1.83. The van der Waals surface area contributed by atoms with Gasteiger partial charge in [0, 0.05) is 0 Å². The SMILES string of the molecule is O.O=C([O-])C(F)(F)F.O=C([O-])C(F)(F)F.[Ba+2].